The smallest absolute Gasteiger partial charge is 0.309 e. The SMILES string of the molecule is CCNC(=NCC(C)SC)N1CCC(C(=O)OCC)CC1.I. The number of halogens is 1. The molecule has 1 aliphatic rings. The summed E-state index contributed by atoms with van der Waals surface area (Å²) in [6.45, 7) is 10.0. The predicted octanol–water partition coefficient (Wildman–Crippen LogP) is 2.60. The minimum atomic E-state index is -0.0462. The average Bonchev–Trinajstić information content (AvgIpc) is 2.51. The number of carbonyl (C=O) groups is 1. The third kappa shape index (κ3) is 7.39. The lowest BCUT2D eigenvalue weighted by molar-refractivity contribution is -0.149. The summed E-state index contributed by atoms with van der Waals surface area (Å²) in [7, 11) is 0. The fraction of sp³-hybridized carbons (Fsp3) is 0.867. The van der Waals surface area contributed by atoms with E-state index in [1.165, 1.54) is 0 Å². The van der Waals surface area contributed by atoms with Crippen LogP contribution in [-0.2, 0) is 9.53 Å². The predicted molar refractivity (Wildman–Crippen MR) is 105 cm³/mol. The van der Waals surface area contributed by atoms with Gasteiger partial charge in [-0.2, -0.15) is 11.8 Å². The molecule has 1 atom stereocenters. The highest BCUT2D eigenvalue weighted by Crippen LogP contribution is 2.19. The molecule has 22 heavy (non-hydrogen) atoms. The summed E-state index contributed by atoms with van der Waals surface area (Å²) < 4.78 is 5.11. The molecule has 1 saturated heterocycles. The number of guanidine groups is 1. The molecule has 0 amide bonds. The Bertz CT molecular complexity index is 348. The Kier molecular flexibility index (Phi) is 12.2. The molecule has 0 bridgehead atoms. The Balaban J connectivity index is 0.00000441. The molecule has 0 saturated carbocycles. The van der Waals surface area contributed by atoms with Crippen LogP contribution in [0.25, 0.3) is 0 Å². The van der Waals surface area contributed by atoms with Gasteiger partial charge in [0.1, 0.15) is 0 Å². The van der Waals surface area contributed by atoms with Crippen LogP contribution in [0.2, 0.25) is 0 Å². The molecule has 0 aliphatic carbocycles. The topological polar surface area (TPSA) is 53.9 Å². The van der Waals surface area contributed by atoms with Crippen molar-refractivity contribution >= 4 is 47.7 Å². The molecular weight excluding hydrogens is 413 g/mol. The van der Waals surface area contributed by atoms with Crippen LogP contribution in [0.4, 0.5) is 0 Å². The van der Waals surface area contributed by atoms with Crippen molar-refractivity contribution in [2.24, 2.45) is 10.9 Å². The highest BCUT2D eigenvalue weighted by molar-refractivity contribution is 14.0. The molecule has 1 fully saturated rings. The quantitative estimate of drug-likeness (QED) is 0.296. The van der Waals surface area contributed by atoms with Gasteiger partial charge in [-0.15, -0.1) is 24.0 Å². The number of nitrogens with one attached hydrogen (secondary N) is 1. The van der Waals surface area contributed by atoms with E-state index in [1.807, 2.05) is 18.7 Å². The van der Waals surface area contributed by atoms with Crippen molar-refractivity contribution in [3.05, 3.63) is 0 Å². The molecule has 1 N–H and O–H groups in total. The average molecular weight is 443 g/mol. The number of likely N-dealkylation sites (tertiary alicyclic amines) is 1. The molecular formula is C15H30IN3O2S. The van der Waals surface area contributed by atoms with Gasteiger partial charge in [0.2, 0.25) is 0 Å². The molecule has 1 aliphatic heterocycles. The molecule has 1 unspecified atom stereocenters. The maximum Gasteiger partial charge on any atom is 0.309 e. The number of rotatable bonds is 6. The van der Waals surface area contributed by atoms with Crippen LogP contribution in [0.15, 0.2) is 4.99 Å². The highest BCUT2D eigenvalue weighted by atomic mass is 127. The fourth-order valence-electron chi connectivity index (χ4n) is 2.30. The fourth-order valence-corrected chi connectivity index (χ4v) is 2.53. The van der Waals surface area contributed by atoms with E-state index in [2.05, 4.69) is 30.3 Å². The first-order valence-electron chi connectivity index (χ1n) is 7.85. The maximum absolute atomic E-state index is 11.8. The lowest BCUT2D eigenvalue weighted by atomic mass is 9.97. The van der Waals surface area contributed by atoms with Crippen molar-refractivity contribution in [3.8, 4) is 0 Å². The summed E-state index contributed by atoms with van der Waals surface area (Å²) in [5, 5.41) is 3.88. The van der Waals surface area contributed by atoms with Crippen LogP contribution in [0, 0.1) is 5.92 Å². The Hall–Kier alpha value is -0.180. The minimum absolute atomic E-state index is 0. The van der Waals surface area contributed by atoms with Crippen LogP contribution in [0.5, 0.6) is 0 Å². The summed E-state index contributed by atoms with van der Waals surface area (Å²) in [6, 6.07) is 0. The number of aliphatic imine (C=N–C) groups is 1. The first kappa shape index (κ1) is 21.8. The Morgan fingerprint density at radius 1 is 1.41 bits per heavy atom. The third-order valence-corrected chi connectivity index (χ3v) is 4.60. The second kappa shape index (κ2) is 12.3. The van der Waals surface area contributed by atoms with Crippen LogP contribution >= 0.6 is 35.7 Å². The standard InChI is InChI=1S/C15H29N3O2S.HI/c1-5-16-15(17-11-12(3)21-4)18-9-7-13(8-10-18)14(19)20-6-2;/h12-13H,5-11H2,1-4H3,(H,16,17);1H. The summed E-state index contributed by atoms with van der Waals surface area (Å²) >= 11 is 1.83. The second-order valence-electron chi connectivity index (χ2n) is 5.25. The highest BCUT2D eigenvalue weighted by Gasteiger charge is 2.27. The van der Waals surface area contributed by atoms with Crippen LogP contribution in [0.1, 0.15) is 33.6 Å². The van der Waals surface area contributed by atoms with Gasteiger partial charge in [-0.3, -0.25) is 9.79 Å². The zero-order valence-corrected chi connectivity index (χ0v) is 17.3. The zero-order valence-electron chi connectivity index (χ0n) is 14.1. The number of piperidine rings is 1. The van der Waals surface area contributed by atoms with Crippen LogP contribution in [-0.4, -0.2) is 61.1 Å². The number of thioether (sulfide) groups is 1. The van der Waals surface area contributed by atoms with E-state index in [0.29, 0.717) is 11.9 Å². The van der Waals surface area contributed by atoms with Crippen molar-refractivity contribution in [1.29, 1.82) is 0 Å². The van der Waals surface area contributed by atoms with Crippen molar-refractivity contribution in [2.75, 3.05) is 39.0 Å². The molecule has 5 nitrogen and oxygen atoms in total. The van der Waals surface area contributed by atoms with Crippen LogP contribution in [0.3, 0.4) is 0 Å². The van der Waals surface area contributed by atoms with Gasteiger partial charge in [0.15, 0.2) is 5.96 Å². The lowest BCUT2D eigenvalue weighted by Crippen LogP contribution is -2.47. The summed E-state index contributed by atoms with van der Waals surface area (Å²) in [5.74, 6) is 0.977. The largest absolute Gasteiger partial charge is 0.466 e. The summed E-state index contributed by atoms with van der Waals surface area (Å²) in [4.78, 5) is 18.7. The molecule has 1 heterocycles. The first-order chi connectivity index (χ1) is 10.1. The van der Waals surface area contributed by atoms with Crippen molar-refractivity contribution in [2.45, 2.75) is 38.9 Å². The van der Waals surface area contributed by atoms with Gasteiger partial charge in [0.05, 0.1) is 19.1 Å². The minimum Gasteiger partial charge on any atom is -0.466 e. The number of hydrogen-bond donors (Lipinski definition) is 1. The van der Waals surface area contributed by atoms with Crippen molar-refractivity contribution in [3.63, 3.8) is 0 Å². The molecule has 0 spiro atoms. The van der Waals surface area contributed by atoms with Crippen LogP contribution < -0.4 is 5.32 Å². The van der Waals surface area contributed by atoms with Crippen molar-refractivity contribution < 1.29 is 9.53 Å². The summed E-state index contributed by atoms with van der Waals surface area (Å²) in [6.07, 6.45) is 3.81. The van der Waals surface area contributed by atoms with E-state index in [0.717, 1.165) is 45.0 Å². The molecule has 0 aromatic carbocycles. The van der Waals surface area contributed by atoms with E-state index < -0.39 is 0 Å². The van der Waals surface area contributed by atoms with Gasteiger partial charge in [0.25, 0.3) is 0 Å². The molecule has 7 heteroatoms. The van der Waals surface area contributed by atoms with Gasteiger partial charge in [-0.1, -0.05) is 6.92 Å². The molecule has 0 aromatic rings. The zero-order chi connectivity index (χ0) is 15.7. The van der Waals surface area contributed by atoms with Crippen molar-refractivity contribution in [1.82, 2.24) is 10.2 Å². The van der Waals surface area contributed by atoms with Gasteiger partial charge >= 0.3 is 5.97 Å². The second-order valence-corrected chi connectivity index (χ2v) is 6.53. The van der Waals surface area contributed by atoms with Gasteiger partial charge < -0.3 is 15.0 Å². The number of carbonyl (C=O) groups excluding carboxylic acids is 1. The molecule has 1 rings (SSSR count). The number of hydrogen-bond acceptors (Lipinski definition) is 4. The number of ether oxygens (including phenoxy) is 1. The third-order valence-electron chi connectivity index (χ3n) is 3.65. The maximum atomic E-state index is 11.8. The van der Waals surface area contributed by atoms with Gasteiger partial charge in [-0.05, 0) is 32.9 Å². The molecule has 0 aromatic heterocycles. The Labute approximate surface area is 156 Å². The van der Waals surface area contributed by atoms with E-state index in [9.17, 15) is 4.79 Å². The Morgan fingerprint density at radius 3 is 2.55 bits per heavy atom. The molecule has 130 valence electrons. The normalized spacial score (nSPS) is 17.6. The monoisotopic (exact) mass is 443 g/mol. The lowest BCUT2D eigenvalue weighted by Gasteiger charge is -2.33. The Morgan fingerprint density at radius 2 is 2.05 bits per heavy atom. The van der Waals surface area contributed by atoms with Gasteiger partial charge in [-0.25, -0.2) is 0 Å². The van der Waals surface area contributed by atoms with E-state index in [-0.39, 0.29) is 35.9 Å². The summed E-state index contributed by atoms with van der Waals surface area (Å²) in [5.41, 5.74) is 0. The van der Waals surface area contributed by atoms with Gasteiger partial charge in [0, 0.05) is 24.9 Å². The molecule has 0 radical (unpaired) electrons. The van der Waals surface area contributed by atoms with E-state index in [4.69, 9.17) is 9.73 Å². The van der Waals surface area contributed by atoms with E-state index >= 15 is 0 Å². The van der Waals surface area contributed by atoms with E-state index in [1.54, 1.807) is 0 Å². The number of esters is 1. The number of nitrogens with zero attached hydrogens (tertiary/aromatic N) is 2. The first-order valence-corrected chi connectivity index (χ1v) is 9.13.